The van der Waals surface area contributed by atoms with E-state index in [4.69, 9.17) is 5.26 Å². The van der Waals surface area contributed by atoms with Crippen molar-refractivity contribution in [2.45, 2.75) is 0 Å². The molecule has 0 saturated carbocycles. The Morgan fingerprint density at radius 3 is 2.44 bits per heavy atom. The highest BCUT2D eigenvalue weighted by molar-refractivity contribution is 6.05. The van der Waals surface area contributed by atoms with E-state index in [0.29, 0.717) is 5.56 Å². The Morgan fingerprint density at radius 2 is 1.76 bits per heavy atom. The van der Waals surface area contributed by atoms with Crippen molar-refractivity contribution in [2.24, 2.45) is 0 Å². The Bertz CT molecular complexity index is 960. The first-order chi connectivity index (χ1) is 12.3. The average Bonchev–Trinajstić information content (AvgIpc) is 3.03. The maximum atomic E-state index is 11.9. The molecule has 124 valence electrons. The number of hydrogen-bond acceptors (Lipinski definition) is 4. The van der Waals surface area contributed by atoms with Crippen LogP contribution in [0, 0.1) is 11.3 Å². The third-order valence-electron chi connectivity index (χ3n) is 4.68. The predicted molar refractivity (Wildman–Crippen MR) is 98.5 cm³/mol. The molecule has 25 heavy (non-hydrogen) atoms. The number of nitriles is 1. The molecular formula is C20H18N4O. The van der Waals surface area contributed by atoms with Gasteiger partial charge in [0, 0.05) is 37.3 Å². The number of piperazine rings is 1. The van der Waals surface area contributed by atoms with E-state index >= 15 is 0 Å². The van der Waals surface area contributed by atoms with Crippen molar-refractivity contribution in [3.8, 4) is 11.8 Å². The van der Waals surface area contributed by atoms with Gasteiger partial charge >= 0.3 is 0 Å². The van der Waals surface area contributed by atoms with Crippen LogP contribution in [0.25, 0.3) is 16.6 Å². The lowest BCUT2D eigenvalue weighted by molar-refractivity contribution is 0.112. The van der Waals surface area contributed by atoms with E-state index in [9.17, 15) is 4.79 Å². The number of fused-ring (bicyclic) bond motifs is 1. The van der Waals surface area contributed by atoms with Crippen molar-refractivity contribution in [3.05, 3.63) is 59.7 Å². The first-order valence-corrected chi connectivity index (χ1v) is 8.38. The molecule has 1 saturated heterocycles. The number of benzene rings is 2. The Kier molecular flexibility index (Phi) is 3.96. The predicted octanol–water partition coefficient (Wildman–Crippen LogP) is 2.72. The number of carbonyl (C=O) groups excluding carboxylic acids is 1. The van der Waals surface area contributed by atoms with Gasteiger partial charge in [0.15, 0.2) is 6.29 Å². The Hall–Kier alpha value is -3.10. The molecule has 5 heteroatoms. The molecule has 4 rings (SSSR count). The van der Waals surface area contributed by atoms with E-state index in [1.165, 1.54) is 0 Å². The summed E-state index contributed by atoms with van der Waals surface area (Å²) >= 11 is 0. The van der Waals surface area contributed by atoms with Crippen LogP contribution < -0.4 is 10.2 Å². The van der Waals surface area contributed by atoms with Crippen LogP contribution in [0.4, 0.5) is 5.82 Å². The minimum absolute atomic E-state index is 0.625. The summed E-state index contributed by atoms with van der Waals surface area (Å²) in [5.41, 5.74) is 3.31. The minimum atomic E-state index is 0.625. The molecule has 3 aromatic rings. The molecule has 1 aromatic heterocycles. The monoisotopic (exact) mass is 330 g/mol. The number of aldehydes is 1. The van der Waals surface area contributed by atoms with Crippen molar-refractivity contribution < 1.29 is 4.79 Å². The van der Waals surface area contributed by atoms with Gasteiger partial charge in [-0.1, -0.05) is 18.2 Å². The van der Waals surface area contributed by atoms with E-state index in [1.54, 1.807) is 0 Å². The number of carbonyl (C=O) groups is 1. The summed E-state index contributed by atoms with van der Waals surface area (Å²) in [4.78, 5) is 14.2. The fourth-order valence-electron chi connectivity index (χ4n) is 3.50. The Labute approximate surface area is 146 Å². The number of para-hydroxylation sites is 1. The van der Waals surface area contributed by atoms with Gasteiger partial charge in [0.05, 0.1) is 22.7 Å². The van der Waals surface area contributed by atoms with Crippen molar-refractivity contribution in [2.75, 3.05) is 31.1 Å². The maximum absolute atomic E-state index is 11.9. The molecule has 0 radical (unpaired) electrons. The van der Waals surface area contributed by atoms with Crippen LogP contribution in [0.5, 0.6) is 0 Å². The molecule has 0 spiro atoms. The summed E-state index contributed by atoms with van der Waals surface area (Å²) in [6.07, 6.45) is 0.958. The molecule has 0 bridgehead atoms. The van der Waals surface area contributed by atoms with Crippen LogP contribution in [0.15, 0.2) is 48.5 Å². The van der Waals surface area contributed by atoms with Gasteiger partial charge in [0.25, 0.3) is 0 Å². The second-order valence-corrected chi connectivity index (χ2v) is 6.10. The summed E-state index contributed by atoms with van der Waals surface area (Å²) < 4.78 is 2.13. The van der Waals surface area contributed by atoms with Gasteiger partial charge in [0.2, 0.25) is 0 Å². The van der Waals surface area contributed by atoms with Crippen molar-refractivity contribution in [1.29, 1.82) is 5.26 Å². The summed E-state index contributed by atoms with van der Waals surface area (Å²) in [5, 5.41) is 13.4. The van der Waals surface area contributed by atoms with E-state index < -0.39 is 0 Å². The highest BCUT2D eigenvalue weighted by Gasteiger charge is 2.23. The van der Waals surface area contributed by atoms with Crippen LogP contribution in [-0.2, 0) is 0 Å². The van der Waals surface area contributed by atoms with Gasteiger partial charge in [-0.25, -0.2) is 0 Å². The summed E-state index contributed by atoms with van der Waals surface area (Å²) in [6.45, 7) is 3.50. The topological polar surface area (TPSA) is 61.1 Å². The smallest absolute Gasteiger partial charge is 0.154 e. The highest BCUT2D eigenvalue weighted by atomic mass is 16.1. The van der Waals surface area contributed by atoms with Gasteiger partial charge in [-0.2, -0.15) is 5.26 Å². The Morgan fingerprint density at radius 1 is 1.04 bits per heavy atom. The molecule has 1 N–H and O–H groups in total. The van der Waals surface area contributed by atoms with Crippen LogP contribution in [0.2, 0.25) is 0 Å². The quantitative estimate of drug-likeness (QED) is 0.750. The standard InChI is InChI=1S/C20H18N4O/c21-13-15-5-7-16(8-6-15)24-19-4-2-1-3-17(19)18(14-25)20(24)23-11-9-22-10-12-23/h1-8,14,22H,9-12H2. The lowest BCUT2D eigenvalue weighted by Gasteiger charge is -2.31. The number of aromatic nitrogens is 1. The van der Waals surface area contributed by atoms with Gasteiger partial charge in [-0.3, -0.25) is 9.36 Å². The third-order valence-corrected chi connectivity index (χ3v) is 4.68. The zero-order valence-electron chi connectivity index (χ0n) is 13.8. The normalized spacial score (nSPS) is 14.4. The number of nitrogens with zero attached hydrogens (tertiary/aromatic N) is 3. The number of hydrogen-bond donors (Lipinski definition) is 1. The van der Waals surface area contributed by atoms with Crippen LogP contribution in [0.1, 0.15) is 15.9 Å². The Balaban J connectivity index is 1.99. The van der Waals surface area contributed by atoms with E-state index in [-0.39, 0.29) is 0 Å². The molecule has 0 aliphatic carbocycles. The van der Waals surface area contributed by atoms with Gasteiger partial charge < -0.3 is 10.2 Å². The molecule has 1 aliphatic heterocycles. The first kappa shape index (κ1) is 15.4. The molecule has 2 heterocycles. The largest absolute Gasteiger partial charge is 0.355 e. The molecule has 0 amide bonds. The lowest BCUT2D eigenvalue weighted by atomic mass is 10.2. The van der Waals surface area contributed by atoms with E-state index in [0.717, 1.165) is 60.4 Å². The molecule has 1 fully saturated rings. The van der Waals surface area contributed by atoms with Crippen LogP contribution in [0.3, 0.4) is 0 Å². The molecule has 0 unspecified atom stereocenters. The first-order valence-electron chi connectivity index (χ1n) is 8.38. The molecule has 5 nitrogen and oxygen atoms in total. The summed E-state index contributed by atoms with van der Waals surface area (Å²) in [5.74, 6) is 0.933. The summed E-state index contributed by atoms with van der Waals surface area (Å²) in [7, 11) is 0. The second kappa shape index (κ2) is 6.42. The van der Waals surface area contributed by atoms with Crippen molar-refractivity contribution >= 4 is 23.0 Å². The molecule has 0 atom stereocenters. The molecular weight excluding hydrogens is 312 g/mol. The second-order valence-electron chi connectivity index (χ2n) is 6.10. The van der Waals surface area contributed by atoms with Crippen molar-refractivity contribution in [1.82, 2.24) is 9.88 Å². The lowest BCUT2D eigenvalue weighted by Crippen LogP contribution is -2.44. The van der Waals surface area contributed by atoms with Gasteiger partial charge in [-0.05, 0) is 30.3 Å². The highest BCUT2D eigenvalue weighted by Crippen LogP contribution is 2.35. The molecule has 1 aliphatic rings. The fourth-order valence-corrected chi connectivity index (χ4v) is 3.50. The zero-order valence-corrected chi connectivity index (χ0v) is 13.8. The molecule has 2 aromatic carbocycles. The van der Waals surface area contributed by atoms with Crippen LogP contribution >= 0.6 is 0 Å². The van der Waals surface area contributed by atoms with Crippen LogP contribution in [-0.4, -0.2) is 37.0 Å². The third kappa shape index (κ3) is 2.57. The SMILES string of the molecule is N#Cc1ccc(-n2c(N3CCNCC3)c(C=O)c3ccccc32)cc1. The number of nitrogens with one attached hydrogen (secondary N) is 1. The van der Waals surface area contributed by atoms with E-state index in [1.807, 2.05) is 48.5 Å². The zero-order chi connectivity index (χ0) is 17.2. The maximum Gasteiger partial charge on any atom is 0.154 e. The van der Waals surface area contributed by atoms with E-state index in [2.05, 4.69) is 20.9 Å². The van der Waals surface area contributed by atoms with Crippen molar-refractivity contribution in [3.63, 3.8) is 0 Å². The van der Waals surface area contributed by atoms with Gasteiger partial charge in [0.1, 0.15) is 5.82 Å². The number of rotatable bonds is 3. The summed E-state index contributed by atoms with van der Waals surface area (Å²) in [6, 6.07) is 17.6. The fraction of sp³-hybridized carbons (Fsp3) is 0.200. The average molecular weight is 330 g/mol. The number of anilines is 1. The van der Waals surface area contributed by atoms with Gasteiger partial charge in [-0.15, -0.1) is 0 Å². The minimum Gasteiger partial charge on any atom is -0.355 e.